The minimum absolute atomic E-state index is 0.0306. The van der Waals surface area contributed by atoms with Crippen molar-refractivity contribution >= 4 is 22.9 Å². The second kappa shape index (κ2) is 6.16. The third kappa shape index (κ3) is 2.93. The van der Waals surface area contributed by atoms with E-state index < -0.39 is 12.3 Å². The highest BCUT2D eigenvalue weighted by Gasteiger charge is 2.27. The number of pyridine rings is 1. The fraction of sp³-hybridized carbons (Fsp3) is 0.214. The number of rotatable bonds is 4. The quantitative estimate of drug-likeness (QED) is 0.701. The Bertz CT molecular complexity index is 929. The number of carbonyl (C=O) groups is 1. The van der Waals surface area contributed by atoms with Crippen LogP contribution in [-0.2, 0) is 11.3 Å². The number of amides is 1. The lowest BCUT2D eigenvalue weighted by molar-refractivity contribution is -0.121. The molecule has 4 rings (SSSR count). The highest BCUT2D eigenvalue weighted by Crippen LogP contribution is 2.33. The predicted molar refractivity (Wildman–Crippen MR) is 81.3 cm³/mol. The van der Waals surface area contributed by atoms with Crippen molar-refractivity contribution in [1.82, 2.24) is 20.2 Å². The smallest absolute Gasteiger partial charge is 0.314 e. The maximum Gasteiger partial charge on any atom is 0.314 e. The Hall–Kier alpha value is -2.95. The van der Waals surface area contributed by atoms with Crippen LogP contribution in [0.5, 0.6) is 5.75 Å². The summed E-state index contributed by atoms with van der Waals surface area (Å²) in [5.74, 6) is -0.475. The fourth-order valence-electron chi connectivity index (χ4n) is 2.27. The van der Waals surface area contributed by atoms with Crippen LogP contribution in [0.2, 0.25) is 0 Å². The molecule has 11 heteroatoms. The number of hydrogen-bond acceptors (Lipinski definition) is 8. The molecule has 1 amide bonds. The molecule has 0 N–H and O–H groups in total. The molecular formula is C14H9F2N5O3S. The average Bonchev–Trinajstić information content (AvgIpc) is 3.26. The SMILES string of the molecule is O=C1COc2cnccc2N1Cc1ncc(-c2nnc(C(F)F)o2)s1. The number of carbonyl (C=O) groups excluding carboxylic acids is 1. The number of alkyl halides is 2. The minimum atomic E-state index is -2.83. The minimum Gasteiger partial charge on any atom is -0.480 e. The van der Waals surface area contributed by atoms with Crippen LogP contribution in [-0.4, -0.2) is 32.7 Å². The Morgan fingerprint density at radius 2 is 2.20 bits per heavy atom. The van der Waals surface area contributed by atoms with E-state index in [9.17, 15) is 13.6 Å². The summed E-state index contributed by atoms with van der Waals surface area (Å²) in [5, 5.41) is 7.45. The molecule has 0 atom stereocenters. The summed E-state index contributed by atoms with van der Waals surface area (Å²) in [6.45, 7) is 0.123. The molecule has 0 bridgehead atoms. The number of thiazole rings is 1. The first-order valence-electron chi connectivity index (χ1n) is 7.05. The number of ether oxygens (including phenoxy) is 1. The molecule has 4 heterocycles. The van der Waals surface area contributed by atoms with Gasteiger partial charge in [0, 0.05) is 6.20 Å². The first-order valence-corrected chi connectivity index (χ1v) is 7.87. The van der Waals surface area contributed by atoms with Gasteiger partial charge in [-0.1, -0.05) is 0 Å². The van der Waals surface area contributed by atoms with Crippen LogP contribution < -0.4 is 9.64 Å². The third-order valence-electron chi connectivity index (χ3n) is 3.39. The van der Waals surface area contributed by atoms with Crippen LogP contribution in [0.15, 0.2) is 29.1 Å². The van der Waals surface area contributed by atoms with Crippen LogP contribution in [0, 0.1) is 0 Å². The van der Waals surface area contributed by atoms with Gasteiger partial charge >= 0.3 is 6.43 Å². The largest absolute Gasteiger partial charge is 0.480 e. The van der Waals surface area contributed by atoms with Gasteiger partial charge in [-0.25, -0.2) is 4.98 Å². The summed E-state index contributed by atoms with van der Waals surface area (Å²) >= 11 is 1.18. The molecule has 3 aromatic heterocycles. The lowest BCUT2D eigenvalue weighted by atomic mass is 10.3. The van der Waals surface area contributed by atoms with Crippen LogP contribution in [0.4, 0.5) is 14.5 Å². The van der Waals surface area contributed by atoms with Crippen molar-refractivity contribution in [2.45, 2.75) is 13.0 Å². The number of fused-ring (bicyclic) bond motifs is 1. The van der Waals surface area contributed by atoms with Crippen molar-refractivity contribution in [2.75, 3.05) is 11.5 Å². The lowest BCUT2D eigenvalue weighted by Crippen LogP contribution is -2.38. The second-order valence-electron chi connectivity index (χ2n) is 4.98. The van der Waals surface area contributed by atoms with E-state index in [2.05, 4.69) is 20.2 Å². The lowest BCUT2D eigenvalue weighted by Gasteiger charge is -2.28. The van der Waals surface area contributed by atoms with Gasteiger partial charge in [-0.05, 0) is 6.07 Å². The van der Waals surface area contributed by atoms with E-state index in [1.54, 1.807) is 12.3 Å². The number of anilines is 1. The molecule has 1 aliphatic heterocycles. The van der Waals surface area contributed by atoms with E-state index in [4.69, 9.17) is 9.15 Å². The van der Waals surface area contributed by atoms with Crippen molar-refractivity contribution in [1.29, 1.82) is 0 Å². The monoisotopic (exact) mass is 365 g/mol. The zero-order chi connectivity index (χ0) is 17.4. The predicted octanol–water partition coefficient (Wildman–Crippen LogP) is 2.45. The van der Waals surface area contributed by atoms with Gasteiger partial charge in [-0.15, -0.1) is 21.5 Å². The standard InChI is InChI=1S/C14H9F2N5O3S/c15-12(16)14-20-19-13(24-14)9-4-18-10(25-9)5-21-7-1-2-17-3-8(7)23-6-11(21)22/h1-4,12H,5-6H2. The van der Waals surface area contributed by atoms with E-state index in [-0.39, 0.29) is 24.9 Å². The van der Waals surface area contributed by atoms with Gasteiger partial charge in [-0.3, -0.25) is 14.7 Å². The Labute approximate surface area is 143 Å². The van der Waals surface area contributed by atoms with Gasteiger partial charge < -0.3 is 9.15 Å². The Morgan fingerprint density at radius 3 is 3.00 bits per heavy atom. The zero-order valence-electron chi connectivity index (χ0n) is 12.4. The Kier molecular flexibility index (Phi) is 3.84. The summed E-state index contributed by atoms with van der Waals surface area (Å²) in [5.41, 5.74) is 0.598. The van der Waals surface area contributed by atoms with E-state index in [1.807, 2.05) is 0 Å². The maximum absolute atomic E-state index is 12.5. The van der Waals surface area contributed by atoms with Gasteiger partial charge in [0.15, 0.2) is 12.4 Å². The van der Waals surface area contributed by atoms with Crippen molar-refractivity contribution in [2.24, 2.45) is 0 Å². The molecule has 128 valence electrons. The van der Waals surface area contributed by atoms with Crippen molar-refractivity contribution in [3.8, 4) is 16.5 Å². The molecule has 0 aromatic carbocycles. The summed E-state index contributed by atoms with van der Waals surface area (Å²) < 4.78 is 35.3. The van der Waals surface area contributed by atoms with E-state index in [0.717, 1.165) is 0 Å². The van der Waals surface area contributed by atoms with Gasteiger partial charge in [-0.2, -0.15) is 8.78 Å². The van der Waals surface area contributed by atoms with Gasteiger partial charge in [0.05, 0.1) is 24.6 Å². The molecule has 1 aliphatic rings. The Morgan fingerprint density at radius 1 is 1.32 bits per heavy atom. The highest BCUT2D eigenvalue weighted by molar-refractivity contribution is 7.15. The topological polar surface area (TPSA) is 94.2 Å². The van der Waals surface area contributed by atoms with Crippen molar-refractivity contribution in [3.63, 3.8) is 0 Å². The first-order chi connectivity index (χ1) is 12.1. The van der Waals surface area contributed by atoms with Gasteiger partial charge in [0.2, 0.25) is 0 Å². The molecule has 0 aliphatic carbocycles. The fourth-order valence-corrected chi connectivity index (χ4v) is 3.10. The number of nitrogens with zero attached hydrogens (tertiary/aromatic N) is 5. The number of aromatic nitrogens is 4. The Balaban J connectivity index is 1.58. The zero-order valence-corrected chi connectivity index (χ0v) is 13.2. The molecule has 0 fully saturated rings. The number of hydrogen-bond donors (Lipinski definition) is 0. The van der Waals surface area contributed by atoms with Crippen LogP contribution in [0.25, 0.3) is 10.8 Å². The molecule has 0 radical (unpaired) electrons. The van der Waals surface area contributed by atoms with E-state index >= 15 is 0 Å². The molecule has 3 aromatic rings. The van der Waals surface area contributed by atoms with Crippen LogP contribution in [0.1, 0.15) is 17.3 Å². The molecule has 0 saturated heterocycles. The highest BCUT2D eigenvalue weighted by atomic mass is 32.1. The van der Waals surface area contributed by atoms with Crippen LogP contribution >= 0.6 is 11.3 Å². The van der Waals surface area contributed by atoms with Crippen molar-refractivity contribution < 1.29 is 22.7 Å². The van der Waals surface area contributed by atoms with Gasteiger partial charge in [0.1, 0.15) is 9.88 Å². The number of halogens is 2. The molecule has 0 unspecified atom stereocenters. The van der Waals surface area contributed by atoms with Crippen LogP contribution in [0.3, 0.4) is 0 Å². The maximum atomic E-state index is 12.5. The summed E-state index contributed by atoms with van der Waals surface area (Å²) in [6, 6.07) is 1.67. The van der Waals surface area contributed by atoms with Gasteiger partial charge in [0.25, 0.3) is 17.7 Å². The summed E-state index contributed by atoms with van der Waals surface area (Å²) in [6.07, 6.45) is 1.71. The normalized spacial score (nSPS) is 13.9. The van der Waals surface area contributed by atoms with E-state index in [0.29, 0.717) is 21.3 Å². The molecular weight excluding hydrogens is 356 g/mol. The summed E-state index contributed by atoms with van der Waals surface area (Å²) in [7, 11) is 0. The third-order valence-corrected chi connectivity index (χ3v) is 4.36. The summed E-state index contributed by atoms with van der Waals surface area (Å²) in [4.78, 5) is 22.3. The molecule has 0 saturated carbocycles. The second-order valence-corrected chi connectivity index (χ2v) is 6.09. The van der Waals surface area contributed by atoms with E-state index in [1.165, 1.54) is 28.6 Å². The molecule has 8 nitrogen and oxygen atoms in total. The molecule has 0 spiro atoms. The molecule has 25 heavy (non-hydrogen) atoms. The first kappa shape index (κ1) is 15.6. The average molecular weight is 365 g/mol. The van der Waals surface area contributed by atoms with Crippen molar-refractivity contribution in [3.05, 3.63) is 35.6 Å².